The fraction of sp³-hybridized carbons (Fsp3) is 0.920. The van der Waals surface area contributed by atoms with Crippen LogP contribution in [0.2, 0.25) is 0 Å². The maximum atomic E-state index is 11.6. The van der Waals surface area contributed by atoms with Crippen LogP contribution in [0.15, 0.2) is 11.8 Å². The Hall–Kier alpha value is -1.02. The fourth-order valence-electron chi connectivity index (χ4n) is 5.57. The summed E-state index contributed by atoms with van der Waals surface area (Å²) in [5.41, 5.74) is 16.6. The van der Waals surface area contributed by atoms with E-state index in [1.54, 1.807) is 7.05 Å². The van der Waals surface area contributed by atoms with Crippen LogP contribution < -0.4 is 33.2 Å². The first-order valence-electron chi connectivity index (χ1n) is 14.0. The van der Waals surface area contributed by atoms with Gasteiger partial charge < -0.3 is 77.6 Å². The van der Waals surface area contributed by atoms with Crippen LogP contribution in [0, 0.1) is 0 Å². The summed E-state index contributed by atoms with van der Waals surface area (Å²) in [7, 11) is 1.60. The van der Waals surface area contributed by atoms with Crippen molar-refractivity contribution >= 4 is 0 Å². The lowest BCUT2D eigenvalue weighted by Crippen LogP contribution is -2.69. The van der Waals surface area contributed by atoms with E-state index in [1.165, 1.54) is 6.92 Å². The van der Waals surface area contributed by atoms with Gasteiger partial charge in [0.05, 0.1) is 44.5 Å². The van der Waals surface area contributed by atoms with Crippen LogP contribution in [0.25, 0.3) is 0 Å². The summed E-state index contributed by atoms with van der Waals surface area (Å²) in [4.78, 5) is 0. The Balaban J connectivity index is 1.82. The van der Waals surface area contributed by atoms with Crippen molar-refractivity contribution in [3.63, 3.8) is 0 Å². The van der Waals surface area contributed by atoms with E-state index in [2.05, 4.69) is 16.0 Å². The maximum Gasteiger partial charge on any atom is 0.215 e. The molecule has 0 aromatic carbocycles. The zero-order valence-corrected chi connectivity index (χ0v) is 23.4. The van der Waals surface area contributed by atoms with Gasteiger partial charge >= 0.3 is 0 Å². The molecule has 0 spiro atoms. The Bertz CT molecular complexity index is 792. The highest BCUT2D eigenvalue weighted by molar-refractivity contribution is 5.05. The Morgan fingerprint density at radius 2 is 1.80 bits per heavy atom. The molecule has 2 fully saturated rings. The van der Waals surface area contributed by atoms with Gasteiger partial charge in [-0.3, -0.25) is 0 Å². The molecule has 11 atom stereocenters. The predicted molar refractivity (Wildman–Crippen MR) is 145 cm³/mol. The third-order valence-corrected chi connectivity index (χ3v) is 7.82. The van der Waals surface area contributed by atoms with Gasteiger partial charge in [-0.1, -0.05) is 0 Å². The van der Waals surface area contributed by atoms with E-state index in [-0.39, 0.29) is 38.8 Å². The van der Waals surface area contributed by atoms with Crippen molar-refractivity contribution in [3.8, 4) is 0 Å². The lowest BCUT2D eigenvalue weighted by atomic mass is 9.83. The molecular formula is C25H50N6O9. The molecule has 14 N–H and O–H groups in total. The molecule has 3 aliphatic rings. The summed E-state index contributed by atoms with van der Waals surface area (Å²) >= 11 is 0. The van der Waals surface area contributed by atoms with Crippen LogP contribution in [0.3, 0.4) is 0 Å². The number of nitrogens with two attached hydrogens (primary N) is 3. The van der Waals surface area contributed by atoms with Gasteiger partial charge in [-0.2, -0.15) is 0 Å². The van der Waals surface area contributed by atoms with Gasteiger partial charge in [0.15, 0.2) is 6.29 Å². The van der Waals surface area contributed by atoms with E-state index in [1.807, 2.05) is 6.08 Å². The monoisotopic (exact) mass is 578 g/mol. The Kier molecular flexibility index (Phi) is 12.9. The van der Waals surface area contributed by atoms with Gasteiger partial charge in [-0.15, -0.1) is 0 Å². The quantitative estimate of drug-likeness (QED) is 0.0864. The first-order chi connectivity index (χ1) is 19.1. The SMILES string of the molecule is CN[C@@H]1[C@@H](O)[C@@H](O[C@H]2[C@H](NC(CO)CO)C[C@H](N)C(O[C@H]3OC(CN)=CC[C@H]3NCCCN)[C@@H]2O)OC[C@]1(C)O. The number of hydrogen-bond donors (Lipinski definition) is 11. The van der Waals surface area contributed by atoms with E-state index in [9.17, 15) is 25.5 Å². The van der Waals surface area contributed by atoms with E-state index in [4.69, 9.17) is 36.1 Å². The number of ether oxygens (including phenoxy) is 4. The lowest BCUT2D eigenvalue weighted by molar-refractivity contribution is -0.304. The Labute approximate surface area is 235 Å². The van der Waals surface area contributed by atoms with Crippen LogP contribution >= 0.6 is 0 Å². The minimum Gasteiger partial charge on any atom is -0.467 e. The van der Waals surface area contributed by atoms with E-state index in [0.717, 1.165) is 6.42 Å². The first kappa shape index (κ1) is 33.5. The van der Waals surface area contributed by atoms with Gasteiger partial charge in [-0.05, 0) is 52.4 Å². The summed E-state index contributed by atoms with van der Waals surface area (Å²) in [6.45, 7) is 2.04. The summed E-state index contributed by atoms with van der Waals surface area (Å²) in [6, 6.07) is -3.05. The van der Waals surface area contributed by atoms with Crippen LogP contribution in [0.1, 0.15) is 26.2 Å². The molecule has 15 heteroatoms. The molecule has 1 unspecified atom stereocenters. The molecule has 2 aliphatic heterocycles. The highest BCUT2D eigenvalue weighted by Gasteiger charge is 2.51. The average Bonchev–Trinajstić information content (AvgIpc) is 2.93. The molecule has 0 aromatic rings. The molecule has 1 saturated carbocycles. The van der Waals surface area contributed by atoms with Gasteiger partial charge in [0, 0.05) is 12.1 Å². The summed E-state index contributed by atoms with van der Waals surface area (Å²) in [5, 5.41) is 61.9. The number of rotatable bonds is 14. The Morgan fingerprint density at radius 3 is 2.42 bits per heavy atom. The van der Waals surface area contributed by atoms with Crippen molar-refractivity contribution in [2.45, 2.75) is 99.0 Å². The molecule has 234 valence electrons. The van der Waals surface area contributed by atoms with Gasteiger partial charge in [0.2, 0.25) is 6.29 Å². The first-order valence-corrected chi connectivity index (χ1v) is 14.0. The van der Waals surface area contributed by atoms with Crippen LogP contribution in [-0.2, 0) is 18.9 Å². The molecule has 0 radical (unpaired) electrons. The Morgan fingerprint density at radius 1 is 1.10 bits per heavy atom. The van der Waals surface area contributed by atoms with Gasteiger partial charge in [-0.25, -0.2) is 0 Å². The number of hydrogen-bond acceptors (Lipinski definition) is 15. The summed E-state index contributed by atoms with van der Waals surface area (Å²) in [5.74, 6) is 0.561. The number of nitrogens with one attached hydrogen (secondary N) is 3. The number of likely N-dealkylation sites (N-methyl/N-ethyl adjacent to an activating group) is 1. The topological polar surface area (TPSA) is 252 Å². The van der Waals surface area contributed by atoms with E-state index in [0.29, 0.717) is 25.3 Å². The molecule has 0 amide bonds. The van der Waals surface area contributed by atoms with Crippen LogP contribution in [0.4, 0.5) is 0 Å². The second-order valence-electron chi connectivity index (χ2n) is 11.0. The molecule has 1 aliphatic carbocycles. The molecule has 40 heavy (non-hydrogen) atoms. The molecule has 0 aromatic heterocycles. The summed E-state index contributed by atoms with van der Waals surface area (Å²) in [6.07, 6.45) is -3.14. The molecule has 1 saturated heterocycles. The van der Waals surface area contributed by atoms with Crippen molar-refractivity contribution in [2.24, 2.45) is 17.2 Å². The molecule has 2 heterocycles. The number of aliphatic hydroxyl groups excluding tert-OH is 4. The minimum atomic E-state index is -1.36. The van der Waals surface area contributed by atoms with Gasteiger partial charge in [0.1, 0.15) is 35.8 Å². The van der Waals surface area contributed by atoms with Crippen LogP contribution in [-0.4, -0.2) is 145 Å². The highest BCUT2D eigenvalue weighted by Crippen LogP contribution is 2.32. The smallest absolute Gasteiger partial charge is 0.215 e. The van der Waals surface area contributed by atoms with E-state index >= 15 is 0 Å². The van der Waals surface area contributed by atoms with Crippen molar-refractivity contribution < 1.29 is 44.5 Å². The third kappa shape index (κ3) is 8.08. The van der Waals surface area contributed by atoms with Crippen molar-refractivity contribution in [2.75, 3.05) is 46.5 Å². The average molecular weight is 579 g/mol. The fourth-order valence-corrected chi connectivity index (χ4v) is 5.57. The highest BCUT2D eigenvalue weighted by atomic mass is 16.7. The van der Waals surface area contributed by atoms with E-state index < -0.39 is 66.8 Å². The summed E-state index contributed by atoms with van der Waals surface area (Å²) < 4.78 is 24.1. The molecule has 15 nitrogen and oxygen atoms in total. The predicted octanol–water partition coefficient (Wildman–Crippen LogP) is -4.89. The lowest BCUT2D eigenvalue weighted by Gasteiger charge is -2.49. The maximum absolute atomic E-state index is 11.6. The van der Waals surface area contributed by atoms with Crippen molar-refractivity contribution in [3.05, 3.63) is 11.8 Å². The second kappa shape index (κ2) is 15.5. The second-order valence-corrected chi connectivity index (χ2v) is 11.0. The van der Waals surface area contributed by atoms with Crippen molar-refractivity contribution in [1.29, 1.82) is 0 Å². The molecule has 0 bridgehead atoms. The largest absolute Gasteiger partial charge is 0.467 e. The van der Waals surface area contributed by atoms with Crippen molar-refractivity contribution in [1.82, 2.24) is 16.0 Å². The third-order valence-electron chi connectivity index (χ3n) is 7.82. The molecular weight excluding hydrogens is 528 g/mol. The van der Waals surface area contributed by atoms with Gasteiger partial charge in [0.25, 0.3) is 0 Å². The number of aliphatic hydroxyl groups is 5. The zero-order valence-electron chi connectivity index (χ0n) is 23.4. The zero-order chi connectivity index (χ0) is 29.4. The standard InChI is InChI=1S/C25H50N6O9/c1-25(36)12-37-24(19(35)22(25)29-2)40-21-17(31-13(10-32)11-33)8-15(28)20(18(21)34)39-23-16(30-7-3-6-26)5-4-14(9-27)38-23/h4,13,15-24,29-36H,3,5-12,26-28H2,1-2H3/t15-,16+,17+,18-,19+,20?,21-,22+,23+,24+,25-/m0/s1. The van der Waals surface area contributed by atoms with Crippen LogP contribution in [0.5, 0.6) is 0 Å². The minimum absolute atomic E-state index is 0.128. The normalized spacial score (nSPS) is 40.6. The molecule has 3 rings (SSSR count).